The van der Waals surface area contributed by atoms with E-state index in [4.69, 9.17) is 0 Å². The lowest BCUT2D eigenvalue weighted by Crippen LogP contribution is -2.14. The van der Waals surface area contributed by atoms with E-state index in [0.29, 0.717) is 5.92 Å². The third-order valence-corrected chi connectivity index (χ3v) is 3.23. The topological polar surface area (TPSA) is 36.1 Å². The number of allylic oxidation sites excluding steroid dienone is 1. The SMILES string of the molecule is C=CNc1cccc(CNC(=C)C2CC2)c1NC. The Labute approximate surface area is 109 Å². The highest BCUT2D eigenvalue weighted by atomic mass is 14.9. The summed E-state index contributed by atoms with van der Waals surface area (Å²) >= 11 is 0. The minimum absolute atomic E-state index is 0.692. The molecule has 1 aliphatic carbocycles. The predicted molar refractivity (Wildman–Crippen MR) is 78.5 cm³/mol. The molecule has 0 heterocycles. The van der Waals surface area contributed by atoms with Gasteiger partial charge in [-0.1, -0.05) is 25.3 Å². The summed E-state index contributed by atoms with van der Waals surface area (Å²) in [6.07, 6.45) is 4.25. The molecular weight excluding hydrogens is 222 g/mol. The molecule has 3 heteroatoms. The van der Waals surface area contributed by atoms with Gasteiger partial charge in [-0.05, 0) is 36.6 Å². The molecule has 1 aliphatic rings. The predicted octanol–water partition coefficient (Wildman–Crippen LogP) is 3.30. The van der Waals surface area contributed by atoms with Gasteiger partial charge in [-0.15, -0.1) is 0 Å². The van der Waals surface area contributed by atoms with Crippen LogP contribution in [0.4, 0.5) is 11.4 Å². The Bertz CT molecular complexity index is 447. The normalized spacial score (nSPS) is 13.8. The van der Waals surface area contributed by atoms with Crippen molar-refractivity contribution in [3.8, 4) is 0 Å². The van der Waals surface area contributed by atoms with Crippen molar-refractivity contribution in [3.05, 3.63) is 48.8 Å². The van der Waals surface area contributed by atoms with Crippen LogP contribution < -0.4 is 16.0 Å². The molecule has 3 nitrogen and oxygen atoms in total. The maximum absolute atomic E-state index is 4.08. The van der Waals surface area contributed by atoms with Crippen LogP contribution in [0.5, 0.6) is 0 Å². The minimum atomic E-state index is 0.692. The van der Waals surface area contributed by atoms with Crippen molar-refractivity contribution in [1.29, 1.82) is 0 Å². The van der Waals surface area contributed by atoms with Crippen molar-refractivity contribution in [2.24, 2.45) is 5.92 Å². The van der Waals surface area contributed by atoms with Crippen molar-refractivity contribution in [1.82, 2.24) is 5.32 Å². The van der Waals surface area contributed by atoms with Crippen molar-refractivity contribution in [3.63, 3.8) is 0 Å². The van der Waals surface area contributed by atoms with Crippen LogP contribution in [0, 0.1) is 5.92 Å². The fourth-order valence-electron chi connectivity index (χ4n) is 2.06. The molecule has 1 saturated carbocycles. The van der Waals surface area contributed by atoms with Gasteiger partial charge in [0.1, 0.15) is 0 Å². The van der Waals surface area contributed by atoms with Crippen molar-refractivity contribution < 1.29 is 0 Å². The average molecular weight is 243 g/mol. The molecule has 0 saturated heterocycles. The van der Waals surface area contributed by atoms with E-state index in [0.717, 1.165) is 17.9 Å². The Morgan fingerprint density at radius 3 is 2.83 bits per heavy atom. The molecule has 0 radical (unpaired) electrons. The number of hydrogen-bond donors (Lipinski definition) is 3. The van der Waals surface area contributed by atoms with Crippen LogP contribution in [0.2, 0.25) is 0 Å². The van der Waals surface area contributed by atoms with Crippen LogP contribution >= 0.6 is 0 Å². The number of nitrogens with one attached hydrogen (secondary N) is 3. The molecule has 96 valence electrons. The summed E-state index contributed by atoms with van der Waals surface area (Å²) in [5.74, 6) is 0.692. The van der Waals surface area contributed by atoms with Gasteiger partial charge in [0.25, 0.3) is 0 Å². The zero-order valence-corrected chi connectivity index (χ0v) is 10.9. The third kappa shape index (κ3) is 2.86. The monoisotopic (exact) mass is 243 g/mol. The molecule has 1 aromatic rings. The first-order chi connectivity index (χ1) is 8.76. The summed E-state index contributed by atoms with van der Waals surface area (Å²) in [6, 6.07) is 6.20. The van der Waals surface area contributed by atoms with E-state index < -0.39 is 0 Å². The summed E-state index contributed by atoms with van der Waals surface area (Å²) in [5.41, 5.74) is 4.54. The van der Waals surface area contributed by atoms with E-state index in [9.17, 15) is 0 Å². The molecule has 0 bridgehead atoms. The van der Waals surface area contributed by atoms with Crippen molar-refractivity contribution in [2.45, 2.75) is 19.4 Å². The number of rotatable bonds is 7. The molecule has 18 heavy (non-hydrogen) atoms. The lowest BCUT2D eigenvalue weighted by molar-refractivity contribution is 0.748. The maximum atomic E-state index is 4.08. The van der Waals surface area contributed by atoms with Crippen LogP contribution in [-0.4, -0.2) is 7.05 Å². The van der Waals surface area contributed by atoms with E-state index in [1.165, 1.54) is 24.1 Å². The van der Waals surface area contributed by atoms with Crippen LogP contribution in [0.15, 0.2) is 43.3 Å². The Balaban J connectivity index is 2.07. The first-order valence-electron chi connectivity index (χ1n) is 6.36. The second-order valence-electron chi connectivity index (χ2n) is 4.59. The maximum Gasteiger partial charge on any atom is 0.0627 e. The highest BCUT2D eigenvalue weighted by Gasteiger charge is 2.24. The summed E-state index contributed by atoms with van der Waals surface area (Å²) in [6.45, 7) is 8.58. The molecule has 0 unspecified atom stereocenters. The van der Waals surface area contributed by atoms with E-state index >= 15 is 0 Å². The Kier molecular flexibility index (Phi) is 3.92. The highest BCUT2D eigenvalue weighted by Crippen LogP contribution is 2.34. The average Bonchev–Trinajstić information content (AvgIpc) is 3.20. The first kappa shape index (κ1) is 12.6. The summed E-state index contributed by atoms with van der Waals surface area (Å²) in [7, 11) is 1.93. The molecule has 0 aromatic heterocycles. The molecule has 0 aliphatic heterocycles. The molecule has 0 amide bonds. The number of benzene rings is 1. The van der Waals surface area contributed by atoms with Gasteiger partial charge in [0.2, 0.25) is 0 Å². The standard InChI is InChI=1S/C15H21N3/c1-4-17-14-7-5-6-13(15(14)16-3)10-18-11(2)12-8-9-12/h4-7,12,16-18H,1-2,8-10H2,3H3. The van der Waals surface area contributed by atoms with Gasteiger partial charge in [-0.25, -0.2) is 0 Å². The Morgan fingerprint density at radius 2 is 2.22 bits per heavy atom. The molecule has 1 aromatic carbocycles. The lowest BCUT2D eigenvalue weighted by Gasteiger charge is -2.16. The van der Waals surface area contributed by atoms with Gasteiger partial charge >= 0.3 is 0 Å². The number of hydrogen-bond acceptors (Lipinski definition) is 3. The quantitative estimate of drug-likeness (QED) is 0.687. The number of para-hydroxylation sites is 1. The van der Waals surface area contributed by atoms with Crippen LogP contribution in [0.1, 0.15) is 18.4 Å². The third-order valence-electron chi connectivity index (χ3n) is 3.23. The minimum Gasteiger partial charge on any atom is -0.386 e. The van der Waals surface area contributed by atoms with Gasteiger partial charge in [0.15, 0.2) is 0 Å². The largest absolute Gasteiger partial charge is 0.386 e. The second-order valence-corrected chi connectivity index (χ2v) is 4.59. The number of anilines is 2. The van der Waals surface area contributed by atoms with Crippen LogP contribution in [0.3, 0.4) is 0 Å². The van der Waals surface area contributed by atoms with Gasteiger partial charge in [0, 0.05) is 19.3 Å². The van der Waals surface area contributed by atoms with Gasteiger partial charge in [-0.3, -0.25) is 0 Å². The molecule has 1 fully saturated rings. The Hall–Kier alpha value is -1.90. The van der Waals surface area contributed by atoms with E-state index in [-0.39, 0.29) is 0 Å². The van der Waals surface area contributed by atoms with Crippen molar-refractivity contribution in [2.75, 3.05) is 17.7 Å². The second kappa shape index (κ2) is 5.63. The molecule has 2 rings (SSSR count). The van der Waals surface area contributed by atoms with Gasteiger partial charge < -0.3 is 16.0 Å². The van der Waals surface area contributed by atoms with E-state index in [2.05, 4.69) is 35.2 Å². The summed E-state index contributed by atoms with van der Waals surface area (Å²) in [5, 5.41) is 9.80. The van der Waals surface area contributed by atoms with Gasteiger partial charge in [-0.2, -0.15) is 0 Å². The van der Waals surface area contributed by atoms with Gasteiger partial charge in [0.05, 0.1) is 11.4 Å². The smallest absolute Gasteiger partial charge is 0.0627 e. The molecule has 3 N–H and O–H groups in total. The van der Waals surface area contributed by atoms with Crippen molar-refractivity contribution >= 4 is 11.4 Å². The first-order valence-corrected chi connectivity index (χ1v) is 6.36. The van der Waals surface area contributed by atoms with E-state index in [1.54, 1.807) is 6.20 Å². The summed E-state index contributed by atoms with van der Waals surface area (Å²) in [4.78, 5) is 0. The highest BCUT2D eigenvalue weighted by molar-refractivity contribution is 5.73. The fourth-order valence-corrected chi connectivity index (χ4v) is 2.06. The Morgan fingerprint density at radius 1 is 1.44 bits per heavy atom. The zero-order chi connectivity index (χ0) is 13.0. The zero-order valence-electron chi connectivity index (χ0n) is 10.9. The summed E-state index contributed by atoms with van der Waals surface area (Å²) < 4.78 is 0. The molecule has 0 spiro atoms. The van der Waals surface area contributed by atoms with E-state index in [1.807, 2.05) is 19.2 Å². The lowest BCUT2D eigenvalue weighted by atomic mass is 10.1. The van der Waals surface area contributed by atoms with Crippen LogP contribution in [0.25, 0.3) is 0 Å². The molecular formula is C15H21N3. The fraction of sp³-hybridized carbons (Fsp3) is 0.333. The molecule has 0 atom stereocenters. The van der Waals surface area contributed by atoms with Crippen LogP contribution in [-0.2, 0) is 6.54 Å².